The molecule has 1 fully saturated rings. The van der Waals surface area contributed by atoms with E-state index in [1.54, 1.807) is 0 Å². The van der Waals surface area contributed by atoms with Crippen LogP contribution in [0.5, 0.6) is 0 Å². The van der Waals surface area contributed by atoms with Crippen LogP contribution >= 0.6 is 8.60 Å². The van der Waals surface area contributed by atoms with Crippen LogP contribution in [0.25, 0.3) is 0 Å². The summed E-state index contributed by atoms with van der Waals surface area (Å²) in [6, 6.07) is 40.1. The zero-order valence-electron chi connectivity index (χ0n) is 25.7. The fourth-order valence-electron chi connectivity index (χ4n) is 5.08. The van der Waals surface area contributed by atoms with E-state index in [0.717, 1.165) is 22.3 Å². The molecule has 1 aliphatic heterocycles. The van der Waals surface area contributed by atoms with Crippen molar-refractivity contribution in [1.29, 1.82) is 0 Å². The smallest absolute Gasteiger partial charge is 0.334 e. The fraction of sp³-hybridized carbons (Fsp3) is 0.333. The molecule has 45 heavy (non-hydrogen) atoms. The van der Waals surface area contributed by atoms with Crippen molar-refractivity contribution in [3.63, 3.8) is 0 Å². The van der Waals surface area contributed by atoms with Gasteiger partial charge in [-0.15, -0.1) is 0 Å². The lowest BCUT2D eigenvalue weighted by Gasteiger charge is -2.46. The molecule has 4 aromatic rings. The van der Waals surface area contributed by atoms with Crippen LogP contribution < -0.4 is 0 Å². The van der Waals surface area contributed by atoms with E-state index in [-0.39, 0.29) is 6.61 Å². The first kappa shape index (κ1) is 33.4. The standard InChI is InChI=1S/C36H41O8P/c1-37-45(38-2)44-36-35(42-26-31-21-13-6-14-22-31)34(41-25-30-19-11-5-12-20-30)33(40-24-29-17-9-4-10-18-29)32(43-36)27-39-23-28-15-7-3-8-16-28/h3-22,32-36H,23-27H2,1-2H3/t32-,33-,34+,35+,36?/m1/s1. The van der Waals surface area contributed by atoms with Crippen LogP contribution in [0.3, 0.4) is 0 Å². The summed E-state index contributed by atoms with van der Waals surface area (Å²) in [6.07, 6.45) is -3.27. The molecule has 0 radical (unpaired) electrons. The quantitative estimate of drug-likeness (QED) is 0.113. The summed E-state index contributed by atoms with van der Waals surface area (Å²) in [5.41, 5.74) is 4.13. The molecule has 1 unspecified atom stereocenters. The molecule has 5 atom stereocenters. The van der Waals surface area contributed by atoms with Crippen molar-refractivity contribution in [2.45, 2.75) is 57.1 Å². The highest BCUT2D eigenvalue weighted by Gasteiger charge is 2.50. The lowest BCUT2D eigenvalue weighted by atomic mass is 9.98. The minimum atomic E-state index is -1.71. The Balaban J connectivity index is 1.44. The predicted molar refractivity (Wildman–Crippen MR) is 172 cm³/mol. The molecule has 0 aromatic heterocycles. The Kier molecular flexibility index (Phi) is 13.5. The summed E-state index contributed by atoms with van der Waals surface area (Å²) < 4.78 is 50.0. The molecule has 0 aliphatic carbocycles. The van der Waals surface area contributed by atoms with Gasteiger partial charge >= 0.3 is 8.60 Å². The minimum Gasteiger partial charge on any atom is -0.374 e. The van der Waals surface area contributed by atoms with Crippen molar-refractivity contribution in [1.82, 2.24) is 0 Å². The molecule has 4 aromatic carbocycles. The van der Waals surface area contributed by atoms with Gasteiger partial charge in [0.1, 0.15) is 24.4 Å². The van der Waals surface area contributed by atoms with Crippen LogP contribution in [0.4, 0.5) is 0 Å². The van der Waals surface area contributed by atoms with Gasteiger partial charge in [-0.25, -0.2) is 0 Å². The third-order valence-corrected chi connectivity index (χ3v) is 8.30. The first-order valence-electron chi connectivity index (χ1n) is 15.0. The molecular formula is C36H41O8P. The van der Waals surface area contributed by atoms with Crippen LogP contribution in [0.2, 0.25) is 0 Å². The molecular weight excluding hydrogens is 591 g/mol. The summed E-state index contributed by atoms with van der Waals surface area (Å²) >= 11 is 0. The van der Waals surface area contributed by atoms with Crippen molar-refractivity contribution in [2.75, 3.05) is 20.8 Å². The number of benzene rings is 4. The van der Waals surface area contributed by atoms with Crippen molar-refractivity contribution >= 4 is 8.60 Å². The molecule has 5 rings (SSSR count). The summed E-state index contributed by atoms with van der Waals surface area (Å²) in [5, 5.41) is 0. The van der Waals surface area contributed by atoms with E-state index in [4.69, 9.17) is 37.3 Å². The average Bonchev–Trinajstić information content (AvgIpc) is 3.10. The molecule has 1 heterocycles. The van der Waals surface area contributed by atoms with Gasteiger partial charge in [0, 0.05) is 14.2 Å². The van der Waals surface area contributed by atoms with Crippen molar-refractivity contribution in [2.24, 2.45) is 0 Å². The van der Waals surface area contributed by atoms with E-state index in [2.05, 4.69) is 0 Å². The SMILES string of the molecule is COP(OC)OC1O[C@H](COCc2ccccc2)[C@@H](OCc2ccccc2)[C@H](OCc2ccccc2)[C@@H]1OCc1ccccc1. The molecule has 0 spiro atoms. The Morgan fingerprint density at radius 1 is 0.511 bits per heavy atom. The largest absolute Gasteiger partial charge is 0.374 e. The van der Waals surface area contributed by atoms with Crippen LogP contribution in [-0.2, 0) is 63.7 Å². The van der Waals surface area contributed by atoms with Crippen LogP contribution in [0.15, 0.2) is 121 Å². The maximum absolute atomic E-state index is 6.71. The Hall–Kier alpha value is -3.01. The second-order valence-corrected chi connectivity index (χ2v) is 11.9. The zero-order chi connectivity index (χ0) is 31.1. The highest BCUT2D eigenvalue weighted by atomic mass is 31.2. The Bertz CT molecular complexity index is 1340. The third kappa shape index (κ3) is 10.2. The molecule has 0 saturated carbocycles. The van der Waals surface area contributed by atoms with Gasteiger partial charge in [-0.2, -0.15) is 0 Å². The van der Waals surface area contributed by atoms with Gasteiger partial charge in [0.2, 0.25) is 0 Å². The second kappa shape index (κ2) is 18.2. The first-order chi connectivity index (χ1) is 22.2. The van der Waals surface area contributed by atoms with Crippen molar-refractivity contribution in [3.8, 4) is 0 Å². The van der Waals surface area contributed by atoms with E-state index >= 15 is 0 Å². The van der Waals surface area contributed by atoms with Gasteiger partial charge in [0.05, 0.1) is 33.0 Å². The van der Waals surface area contributed by atoms with Gasteiger partial charge < -0.3 is 32.7 Å². The number of hydrogen-bond acceptors (Lipinski definition) is 8. The fourth-order valence-corrected chi connectivity index (χ4v) is 5.74. The molecule has 1 aliphatic rings. The number of hydrogen-bond donors (Lipinski definition) is 0. The normalized spacial score (nSPS) is 21.6. The van der Waals surface area contributed by atoms with Gasteiger partial charge in [0.15, 0.2) is 6.29 Å². The molecule has 0 amide bonds. The first-order valence-corrected chi connectivity index (χ1v) is 16.1. The molecule has 1 saturated heterocycles. The summed E-state index contributed by atoms with van der Waals surface area (Å²) in [6.45, 7) is 1.68. The van der Waals surface area contributed by atoms with Crippen LogP contribution in [0, 0.1) is 0 Å². The number of rotatable bonds is 17. The molecule has 238 valence electrons. The highest BCUT2D eigenvalue weighted by Crippen LogP contribution is 2.43. The van der Waals surface area contributed by atoms with Crippen molar-refractivity contribution < 1.29 is 37.3 Å². The Labute approximate surface area is 267 Å². The van der Waals surface area contributed by atoms with Gasteiger partial charge in [-0.05, 0) is 22.3 Å². The van der Waals surface area contributed by atoms with E-state index in [0.29, 0.717) is 26.4 Å². The van der Waals surface area contributed by atoms with Gasteiger partial charge in [0.25, 0.3) is 0 Å². The molecule has 0 bridgehead atoms. The maximum atomic E-state index is 6.71. The predicted octanol–water partition coefficient (Wildman–Crippen LogP) is 7.22. The van der Waals surface area contributed by atoms with E-state index in [1.807, 2.05) is 121 Å². The van der Waals surface area contributed by atoms with E-state index in [1.165, 1.54) is 14.2 Å². The lowest BCUT2D eigenvalue weighted by molar-refractivity contribution is -0.311. The van der Waals surface area contributed by atoms with E-state index in [9.17, 15) is 0 Å². The summed E-state index contributed by atoms with van der Waals surface area (Å²) in [5.74, 6) is 0. The average molecular weight is 633 g/mol. The highest BCUT2D eigenvalue weighted by molar-refractivity contribution is 7.41. The second-order valence-electron chi connectivity index (χ2n) is 10.5. The van der Waals surface area contributed by atoms with Crippen LogP contribution in [-0.4, -0.2) is 51.5 Å². The topological polar surface area (TPSA) is 73.8 Å². The summed E-state index contributed by atoms with van der Waals surface area (Å²) in [4.78, 5) is 0. The number of ether oxygens (including phenoxy) is 5. The van der Waals surface area contributed by atoms with Gasteiger partial charge in [-0.1, -0.05) is 121 Å². The Morgan fingerprint density at radius 3 is 1.36 bits per heavy atom. The third-order valence-electron chi connectivity index (χ3n) is 7.33. The van der Waals surface area contributed by atoms with Crippen LogP contribution in [0.1, 0.15) is 22.3 Å². The zero-order valence-corrected chi connectivity index (χ0v) is 26.6. The Morgan fingerprint density at radius 2 is 0.911 bits per heavy atom. The lowest BCUT2D eigenvalue weighted by Crippen LogP contribution is -2.61. The maximum Gasteiger partial charge on any atom is 0.334 e. The van der Waals surface area contributed by atoms with Gasteiger partial charge in [-0.3, -0.25) is 4.52 Å². The summed E-state index contributed by atoms with van der Waals surface area (Å²) in [7, 11) is 1.36. The molecule has 0 N–H and O–H groups in total. The monoisotopic (exact) mass is 632 g/mol. The minimum absolute atomic E-state index is 0.239. The van der Waals surface area contributed by atoms with Crippen molar-refractivity contribution in [3.05, 3.63) is 144 Å². The molecule has 8 nitrogen and oxygen atoms in total. The molecule has 9 heteroatoms. The van der Waals surface area contributed by atoms with E-state index < -0.39 is 39.3 Å².